The highest BCUT2D eigenvalue weighted by Crippen LogP contribution is 2.28. The highest BCUT2D eigenvalue weighted by Gasteiger charge is 2.03. The standard InChI is InChI=1S/C32H23N/c1-3-7-27-21-29(11-9-23(27)5-1)25-13-17-31(18-14-25)33-32-19-15-26(16-20-32)30-12-10-24-6-2-4-8-28(24)22-30/h1-22,33H. The fraction of sp³-hybridized carbons (Fsp3) is 0. The van der Waals surface area contributed by atoms with Crippen LogP contribution in [0.5, 0.6) is 0 Å². The zero-order valence-corrected chi connectivity index (χ0v) is 18.2. The SMILES string of the molecule is c1ccc2cc(-c3ccc(Nc4ccc(-c5ccc6ccccc6c5)cc4)cc3)ccc2c1. The predicted octanol–water partition coefficient (Wildman–Crippen LogP) is 9.07. The van der Waals surface area contributed by atoms with Gasteiger partial charge in [-0.25, -0.2) is 0 Å². The van der Waals surface area contributed by atoms with Gasteiger partial charge in [0, 0.05) is 11.4 Å². The minimum atomic E-state index is 1.08. The molecule has 6 rings (SSSR count). The second-order valence-corrected chi connectivity index (χ2v) is 8.40. The predicted molar refractivity (Wildman–Crippen MR) is 142 cm³/mol. The van der Waals surface area contributed by atoms with Crippen molar-refractivity contribution >= 4 is 32.9 Å². The molecule has 0 amide bonds. The lowest BCUT2D eigenvalue weighted by molar-refractivity contribution is 1.54. The molecule has 0 saturated heterocycles. The van der Waals surface area contributed by atoms with E-state index in [0.29, 0.717) is 0 Å². The minimum absolute atomic E-state index is 1.08. The van der Waals surface area contributed by atoms with Gasteiger partial charge >= 0.3 is 0 Å². The Morgan fingerprint density at radius 1 is 0.303 bits per heavy atom. The van der Waals surface area contributed by atoms with Crippen LogP contribution >= 0.6 is 0 Å². The van der Waals surface area contributed by atoms with Crippen molar-refractivity contribution in [1.82, 2.24) is 0 Å². The Balaban J connectivity index is 1.20. The van der Waals surface area contributed by atoms with Gasteiger partial charge in [0.05, 0.1) is 0 Å². The average molecular weight is 422 g/mol. The molecule has 1 nitrogen and oxygen atoms in total. The van der Waals surface area contributed by atoms with Gasteiger partial charge in [0.15, 0.2) is 0 Å². The molecule has 0 atom stereocenters. The van der Waals surface area contributed by atoms with Crippen LogP contribution in [0.4, 0.5) is 11.4 Å². The van der Waals surface area contributed by atoms with Crippen LogP contribution in [-0.2, 0) is 0 Å². The van der Waals surface area contributed by atoms with E-state index in [1.165, 1.54) is 43.8 Å². The molecule has 0 aliphatic heterocycles. The first-order valence-corrected chi connectivity index (χ1v) is 11.3. The summed E-state index contributed by atoms with van der Waals surface area (Å²) in [5.41, 5.74) is 7.08. The molecule has 1 N–H and O–H groups in total. The maximum absolute atomic E-state index is 3.52. The van der Waals surface area contributed by atoms with Crippen molar-refractivity contribution in [3.63, 3.8) is 0 Å². The van der Waals surface area contributed by atoms with Gasteiger partial charge in [-0.1, -0.05) is 97.1 Å². The van der Waals surface area contributed by atoms with Crippen LogP contribution in [0, 0.1) is 0 Å². The maximum atomic E-state index is 3.52. The first-order valence-electron chi connectivity index (χ1n) is 11.3. The molecule has 0 heterocycles. The van der Waals surface area contributed by atoms with E-state index in [0.717, 1.165) is 11.4 Å². The molecule has 0 spiro atoms. The van der Waals surface area contributed by atoms with Gasteiger partial charge in [0.25, 0.3) is 0 Å². The zero-order valence-electron chi connectivity index (χ0n) is 18.2. The van der Waals surface area contributed by atoms with Crippen LogP contribution in [0.3, 0.4) is 0 Å². The Bertz CT molecular complexity index is 1440. The normalized spacial score (nSPS) is 11.0. The summed E-state index contributed by atoms with van der Waals surface area (Å²) in [7, 11) is 0. The largest absolute Gasteiger partial charge is 0.356 e. The van der Waals surface area contributed by atoms with Crippen molar-refractivity contribution in [1.29, 1.82) is 0 Å². The molecule has 0 unspecified atom stereocenters. The van der Waals surface area contributed by atoms with Gasteiger partial charge in [-0.2, -0.15) is 0 Å². The van der Waals surface area contributed by atoms with Crippen LogP contribution in [-0.4, -0.2) is 0 Å². The molecule has 0 radical (unpaired) electrons. The number of rotatable bonds is 4. The smallest absolute Gasteiger partial charge is 0.0384 e. The van der Waals surface area contributed by atoms with E-state index in [1.807, 2.05) is 0 Å². The first-order chi connectivity index (χ1) is 16.3. The van der Waals surface area contributed by atoms with Crippen molar-refractivity contribution < 1.29 is 0 Å². The Labute approximate surface area is 194 Å². The Kier molecular flexibility index (Phi) is 4.86. The molecule has 0 aromatic heterocycles. The summed E-state index contributed by atoms with van der Waals surface area (Å²) in [5, 5.41) is 8.60. The molecule has 0 fully saturated rings. The number of hydrogen-bond donors (Lipinski definition) is 1. The molecular formula is C32H23N. The summed E-state index contributed by atoms with van der Waals surface area (Å²) in [6.07, 6.45) is 0. The van der Waals surface area contributed by atoms with E-state index >= 15 is 0 Å². The summed E-state index contributed by atoms with van der Waals surface area (Å²) >= 11 is 0. The fourth-order valence-corrected chi connectivity index (χ4v) is 4.40. The summed E-state index contributed by atoms with van der Waals surface area (Å²) in [6, 6.07) is 47.5. The van der Waals surface area contributed by atoms with Gasteiger partial charge in [0.1, 0.15) is 0 Å². The van der Waals surface area contributed by atoms with Gasteiger partial charge < -0.3 is 5.32 Å². The second kappa shape index (κ2) is 8.29. The summed E-state index contributed by atoms with van der Waals surface area (Å²) in [5.74, 6) is 0. The molecule has 156 valence electrons. The monoisotopic (exact) mass is 421 g/mol. The highest BCUT2D eigenvalue weighted by molar-refractivity contribution is 5.88. The molecular weight excluding hydrogens is 398 g/mol. The topological polar surface area (TPSA) is 12.0 Å². The highest BCUT2D eigenvalue weighted by atomic mass is 14.9. The fourth-order valence-electron chi connectivity index (χ4n) is 4.40. The number of anilines is 2. The Hall–Kier alpha value is -4.36. The molecule has 0 bridgehead atoms. The summed E-state index contributed by atoms with van der Waals surface area (Å²) in [4.78, 5) is 0. The molecule has 1 heteroatoms. The quantitative estimate of drug-likeness (QED) is 0.299. The molecule has 0 saturated carbocycles. The van der Waals surface area contributed by atoms with Crippen molar-refractivity contribution in [2.24, 2.45) is 0 Å². The third-order valence-electron chi connectivity index (χ3n) is 6.22. The van der Waals surface area contributed by atoms with Crippen LogP contribution in [0.15, 0.2) is 133 Å². The number of benzene rings is 6. The van der Waals surface area contributed by atoms with E-state index in [-0.39, 0.29) is 0 Å². The van der Waals surface area contributed by atoms with Gasteiger partial charge in [-0.15, -0.1) is 0 Å². The molecule has 6 aromatic rings. The number of hydrogen-bond acceptors (Lipinski definition) is 1. The lowest BCUT2D eigenvalue weighted by Gasteiger charge is -2.10. The van der Waals surface area contributed by atoms with E-state index < -0.39 is 0 Å². The number of nitrogens with one attached hydrogen (secondary N) is 1. The summed E-state index contributed by atoms with van der Waals surface area (Å²) < 4.78 is 0. The Morgan fingerprint density at radius 2 is 0.667 bits per heavy atom. The van der Waals surface area contributed by atoms with Crippen LogP contribution in [0.1, 0.15) is 0 Å². The van der Waals surface area contributed by atoms with Crippen LogP contribution < -0.4 is 5.32 Å². The maximum Gasteiger partial charge on any atom is 0.0384 e. The van der Waals surface area contributed by atoms with Gasteiger partial charge in [-0.05, 0) is 80.2 Å². The van der Waals surface area contributed by atoms with Crippen molar-refractivity contribution in [2.45, 2.75) is 0 Å². The average Bonchev–Trinajstić information content (AvgIpc) is 2.89. The van der Waals surface area contributed by atoms with Crippen LogP contribution in [0.25, 0.3) is 43.8 Å². The molecule has 0 aliphatic rings. The molecule has 6 aromatic carbocycles. The molecule has 0 aliphatic carbocycles. The second-order valence-electron chi connectivity index (χ2n) is 8.40. The lowest BCUT2D eigenvalue weighted by Crippen LogP contribution is -1.90. The number of fused-ring (bicyclic) bond motifs is 2. The van der Waals surface area contributed by atoms with Gasteiger partial charge in [0.2, 0.25) is 0 Å². The minimum Gasteiger partial charge on any atom is -0.356 e. The van der Waals surface area contributed by atoms with E-state index in [1.54, 1.807) is 0 Å². The third kappa shape index (κ3) is 3.97. The van der Waals surface area contributed by atoms with Gasteiger partial charge in [-0.3, -0.25) is 0 Å². The van der Waals surface area contributed by atoms with E-state index in [2.05, 4.69) is 139 Å². The summed E-state index contributed by atoms with van der Waals surface area (Å²) in [6.45, 7) is 0. The van der Waals surface area contributed by atoms with Crippen molar-refractivity contribution in [2.75, 3.05) is 5.32 Å². The molecule has 33 heavy (non-hydrogen) atoms. The van der Waals surface area contributed by atoms with Crippen molar-refractivity contribution in [3.05, 3.63) is 133 Å². The van der Waals surface area contributed by atoms with Crippen molar-refractivity contribution in [3.8, 4) is 22.3 Å². The Morgan fingerprint density at radius 3 is 1.09 bits per heavy atom. The third-order valence-corrected chi connectivity index (χ3v) is 6.22. The zero-order chi connectivity index (χ0) is 22.0. The van der Waals surface area contributed by atoms with E-state index in [4.69, 9.17) is 0 Å². The lowest BCUT2D eigenvalue weighted by atomic mass is 10.0. The van der Waals surface area contributed by atoms with E-state index in [9.17, 15) is 0 Å². The van der Waals surface area contributed by atoms with Crippen LogP contribution in [0.2, 0.25) is 0 Å². The first kappa shape index (κ1) is 19.3.